The highest BCUT2D eigenvalue weighted by molar-refractivity contribution is 6.35. The fraction of sp³-hybridized carbons (Fsp3) is 0.286. The average Bonchev–Trinajstić information content (AvgIpc) is 3.07. The van der Waals surface area contributed by atoms with E-state index >= 15 is 0 Å². The van der Waals surface area contributed by atoms with E-state index in [0.29, 0.717) is 42.2 Å². The van der Waals surface area contributed by atoms with Gasteiger partial charge in [0, 0.05) is 43.2 Å². The van der Waals surface area contributed by atoms with Crippen molar-refractivity contribution in [2.45, 2.75) is 19.3 Å². The van der Waals surface area contributed by atoms with Crippen LogP contribution in [0.25, 0.3) is 16.6 Å². The van der Waals surface area contributed by atoms with E-state index in [1.54, 1.807) is 21.7 Å². The predicted molar refractivity (Wildman–Crippen MR) is 105 cm³/mol. The molecule has 0 bridgehead atoms. The van der Waals surface area contributed by atoms with Gasteiger partial charge in [0.2, 0.25) is 0 Å². The van der Waals surface area contributed by atoms with E-state index in [4.69, 9.17) is 16.7 Å². The fourth-order valence-corrected chi connectivity index (χ4v) is 4.24. The molecule has 0 amide bonds. The lowest BCUT2D eigenvalue weighted by atomic mass is 9.93. The predicted octanol–water partition coefficient (Wildman–Crippen LogP) is 5.25. The van der Waals surface area contributed by atoms with Gasteiger partial charge >= 0.3 is 5.97 Å². The quantitative estimate of drug-likeness (QED) is 0.645. The van der Waals surface area contributed by atoms with Crippen LogP contribution in [0.5, 0.6) is 0 Å². The monoisotopic (exact) mass is 404 g/mol. The van der Waals surface area contributed by atoms with Crippen molar-refractivity contribution in [3.05, 3.63) is 59.3 Å². The molecule has 0 atom stereocenters. The minimum atomic E-state index is -0.835. The summed E-state index contributed by atoms with van der Waals surface area (Å²) in [6.07, 6.45) is 3.04. The molecule has 1 saturated heterocycles. The summed E-state index contributed by atoms with van der Waals surface area (Å²) in [4.78, 5) is 12.5. The second-order valence-corrected chi connectivity index (χ2v) is 7.56. The Hall–Kier alpha value is -2.60. The number of aliphatic carboxylic acids is 1. The van der Waals surface area contributed by atoms with Crippen molar-refractivity contribution in [3.8, 4) is 5.69 Å². The lowest BCUT2D eigenvalue weighted by Crippen LogP contribution is -2.35. The maximum absolute atomic E-state index is 14.9. The Morgan fingerprint density at radius 2 is 1.82 bits per heavy atom. The van der Waals surface area contributed by atoms with Crippen molar-refractivity contribution >= 4 is 34.2 Å². The van der Waals surface area contributed by atoms with E-state index in [1.165, 1.54) is 12.1 Å². The van der Waals surface area contributed by atoms with Crippen LogP contribution in [0.1, 0.15) is 19.3 Å². The molecule has 3 aromatic rings. The normalized spacial score (nSPS) is 15.3. The smallest absolute Gasteiger partial charge is 0.303 e. The van der Waals surface area contributed by atoms with E-state index in [9.17, 15) is 13.6 Å². The summed E-state index contributed by atoms with van der Waals surface area (Å²) in [6, 6.07) is 9.92. The number of carbonyl (C=O) groups is 1. The summed E-state index contributed by atoms with van der Waals surface area (Å²) < 4.78 is 31.4. The molecule has 4 nitrogen and oxygen atoms in total. The number of hydrogen-bond acceptors (Lipinski definition) is 2. The van der Waals surface area contributed by atoms with Crippen LogP contribution in [0, 0.1) is 17.6 Å². The number of piperidine rings is 1. The highest BCUT2D eigenvalue weighted by atomic mass is 35.5. The van der Waals surface area contributed by atoms with Crippen LogP contribution in [-0.2, 0) is 4.79 Å². The van der Waals surface area contributed by atoms with Crippen LogP contribution < -0.4 is 4.90 Å². The number of aromatic nitrogens is 1. The molecule has 28 heavy (non-hydrogen) atoms. The summed E-state index contributed by atoms with van der Waals surface area (Å²) in [7, 11) is 0. The zero-order chi connectivity index (χ0) is 19.8. The standard InChI is InChI=1S/C21H19ClF2N2O2/c22-16-3-1-2-14-6-9-26(20(14)16)15-11-17(23)21(18(24)12-15)25-7-4-13(5-8-25)10-19(27)28/h1-3,6,9,11-13H,4-5,7-8,10H2,(H,27,28). The van der Waals surface area contributed by atoms with Gasteiger partial charge in [-0.25, -0.2) is 8.78 Å². The molecule has 0 unspecified atom stereocenters. The van der Waals surface area contributed by atoms with Crippen LogP contribution in [-0.4, -0.2) is 28.7 Å². The first-order valence-corrected chi connectivity index (χ1v) is 9.53. The average molecular weight is 405 g/mol. The number of fused-ring (bicyclic) bond motifs is 1. The molecule has 2 aromatic carbocycles. The van der Waals surface area contributed by atoms with E-state index in [1.807, 2.05) is 18.2 Å². The van der Waals surface area contributed by atoms with Gasteiger partial charge in [0.05, 0.1) is 16.2 Å². The van der Waals surface area contributed by atoms with Crippen LogP contribution in [0.4, 0.5) is 14.5 Å². The molecule has 2 heterocycles. The third-order valence-corrected chi connectivity index (χ3v) is 5.64. The summed E-state index contributed by atoms with van der Waals surface area (Å²) in [6.45, 7) is 0.868. The van der Waals surface area contributed by atoms with E-state index in [0.717, 1.165) is 5.39 Å². The van der Waals surface area contributed by atoms with Crippen molar-refractivity contribution in [1.82, 2.24) is 4.57 Å². The van der Waals surface area contributed by atoms with E-state index < -0.39 is 17.6 Å². The SMILES string of the molecule is O=C(O)CC1CCN(c2c(F)cc(-n3ccc4cccc(Cl)c43)cc2F)CC1. The Morgan fingerprint density at radius 3 is 2.46 bits per heavy atom. The highest BCUT2D eigenvalue weighted by Crippen LogP contribution is 2.33. The molecule has 1 aliphatic heterocycles. The number of carboxylic acid groups (broad SMARTS) is 1. The number of carboxylic acids is 1. The van der Waals surface area contributed by atoms with Gasteiger partial charge in [0.1, 0.15) is 5.69 Å². The summed E-state index contributed by atoms with van der Waals surface area (Å²) in [5, 5.41) is 10.3. The Bertz CT molecular complexity index is 1020. The number of hydrogen-bond donors (Lipinski definition) is 1. The maximum atomic E-state index is 14.9. The van der Waals surface area contributed by atoms with Crippen LogP contribution in [0.2, 0.25) is 5.02 Å². The maximum Gasteiger partial charge on any atom is 0.303 e. The number of benzene rings is 2. The summed E-state index contributed by atoms with van der Waals surface area (Å²) in [5.74, 6) is -2.06. The molecule has 7 heteroatoms. The first kappa shape index (κ1) is 18.7. The number of halogens is 3. The number of anilines is 1. The van der Waals surface area contributed by atoms with Gasteiger partial charge in [-0.2, -0.15) is 0 Å². The van der Waals surface area contributed by atoms with E-state index in [-0.39, 0.29) is 18.0 Å². The minimum absolute atomic E-state index is 0.0486. The van der Waals surface area contributed by atoms with Gasteiger partial charge in [0.25, 0.3) is 0 Å². The summed E-state index contributed by atoms with van der Waals surface area (Å²) in [5.41, 5.74) is 1.01. The second-order valence-electron chi connectivity index (χ2n) is 7.15. The summed E-state index contributed by atoms with van der Waals surface area (Å²) >= 11 is 6.28. The van der Waals surface area contributed by atoms with Crippen molar-refractivity contribution in [2.24, 2.45) is 5.92 Å². The first-order valence-electron chi connectivity index (χ1n) is 9.16. The second kappa shape index (κ2) is 7.43. The van der Waals surface area contributed by atoms with Crippen molar-refractivity contribution in [3.63, 3.8) is 0 Å². The number of rotatable bonds is 4. The minimum Gasteiger partial charge on any atom is -0.481 e. The molecule has 1 N–H and O–H groups in total. The van der Waals surface area contributed by atoms with Crippen LogP contribution >= 0.6 is 11.6 Å². The molecular formula is C21H19ClF2N2O2. The van der Waals surface area contributed by atoms with E-state index in [2.05, 4.69) is 0 Å². The van der Waals surface area contributed by atoms with Crippen molar-refractivity contribution in [2.75, 3.05) is 18.0 Å². The molecule has 1 aliphatic rings. The van der Waals surface area contributed by atoms with Crippen molar-refractivity contribution < 1.29 is 18.7 Å². The highest BCUT2D eigenvalue weighted by Gasteiger charge is 2.26. The Morgan fingerprint density at radius 1 is 1.14 bits per heavy atom. The molecule has 0 spiro atoms. The first-order chi connectivity index (χ1) is 13.4. The van der Waals surface area contributed by atoms with Gasteiger partial charge in [-0.1, -0.05) is 23.7 Å². The molecule has 0 aliphatic carbocycles. The van der Waals surface area contributed by atoms with Gasteiger partial charge in [-0.15, -0.1) is 0 Å². The Balaban J connectivity index is 1.63. The molecule has 4 rings (SSSR count). The lowest BCUT2D eigenvalue weighted by molar-refractivity contribution is -0.138. The Kier molecular flexibility index (Phi) is 4.98. The number of para-hydroxylation sites is 1. The van der Waals surface area contributed by atoms with Gasteiger partial charge in [0.15, 0.2) is 11.6 Å². The van der Waals surface area contributed by atoms with Crippen molar-refractivity contribution in [1.29, 1.82) is 0 Å². The topological polar surface area (TPSA) is 45.5 Å². The molecule has 0 radical (unpaired) electrons. The molecule has 1 aromatic heterocycles. The zero-order valence-electron chi connectivity index (χ0n) is 15.0. The third kappa shape index (κ3) is 3.44. The zero-order valence-corrected chi connectivity index (χ0v) is 15.8. The third-order valence-electron chi connectivity index (χ3n) is 5.34. The fourth-order valence-electron chi connectivity index (χ4n) is 3.97. The molecule has 1 fully saturated rings. The van der Waals surface area contributed by atoms with Gasteiger partial charge in [-0.3, -0.25) is 4.79 Å². The molecule has 0 saturated carbocycles. The van der Waals surface area contributed by atoms with Gasteiger partial charge in [-0.05, 0) is 30.9 Å². The lowest BCUT2D eigenvalue weighted by Gasteiger charge is -2.33. The Labute approximate surface area is 165 Å². The van der Waals surface area contributed by atoms with Crippen LogP contribution in [0.15, 0.2) is 42.6 Å². The number of nitrogens with zero attached hydrogens (tertiary/aromatic N) is 2. The molecular weight excluding hydrogens is 386 g/mol. The molecule has 146 valence electrons. The van der Waals surface area contributed by atoms with Crippen LogP contribution in [0.3, 0.4) is 0 Å². The largest absolute Gasteiger partial charge is 0.481 e. The van der Waals surface area contributed by atoms with Gasteiger partial charge < -0.3 is 14.6 Å².